The Hall–Kier alpha value is -1.10. The minimum atomic E-state index is -0.215. The van der Waals surface area contributed by atoms with E-state index in [0.717, 1.165) is 23.4 Å². The lowest BCUT2D eigenvalue weighted by atomic mass is 10.1. The zero-order valence-corrected chi connectivity index (χ0v) is 9.77. The van der Waals surface area contributed by atoms with Crippen molar-refractivity contribution < 1.29 is 4.79 Å². The Morgan fingerprint density at radius 3 is 3.00 bits per heavy atom. The summed E-state index contributed by atoms with van der Waals surface area (Å²) in [6, 6.07) is 5.75. The number of pyridine rings is 1. The van der Waals surface area contributed by atoms with E-state index in [-0.39, 0.29) is 11.8 Å². The molecule has 80 valence electrons. The van der Waals surface area contributed by atoms with Crippen LogP contribution in [0, 0.1) is 5.92 Å². The van der Waals surface area contributed by atoms with E-state index in [1.807, 2.05) is 18.2 Å². The van der Waals surface area contributed by atoms with Crippen LogP contribution in [0.25, 0.3) is 0 Å². The molecule has 2 heterocycles. The second kappa shape index (κ2) is 4.18. The van der Waals surface area contributed by atoms with Crippen LogP contribution < -0.4 is 10.6 Å². The summed E-state index contributed by atoms with van der Waals surface area (Å²) in [6.45, 7) is 1.52. The highest BCUT2D eigenvalue weighted by Crippen LogP contribution is 2.22. The second-order valence-corrected chi connectivity index (χ2v) is 4.46. The van der Waals surface area contributed by atoms with Crippen molar-refractivity contribution in [3.63, 3.8) is 0 Å². The van der Waals surface area contributed by atoms with Gasteiger partial charge in [0.05, 0.1) is 5.92 Å². The predicted molar refractivity (Wildman–Crippen MR) is 61.5 cm³/mol. The van der Waals surface area contributed by atoms with Crippen LogP contribution in [0.1, 0.15) is 6.42 Å². The van der Waals surface area contributed by atoms with E-state index in [9.17, 15) is 4.79 Å². The summed E-state index contributed by atoms with van der Waals surface area (Å²) >= 11 is 3.32. The molecule has 1 fully saturated rings. The van der Waals surface area contributed by atoms with Crippen LogP contribution in [0.3, 0.4) is 0 Å². The molecule has 0 aromatic carbocycles. The largest absolute Gasteiger partial charge is 0.369 e. The van der Waals surface area contributed by atoms with Crippen molar-refractivity contribution >= 4 is 27.7 Å². The van der Waals surface area contributed by atoms with Gasteiger partial charge >= 0.3 is 0 Å². The van der Waals surface area contributed by atoms with E-state index < -0.39 is 0 Å². The van der Waals surface area contributed by atoms with Crippen LogP contribution >= 0.6 is 15.9 Å². The van der Waals surface area contributed by atoms with Crippen molar-refractivity contribution in [2.45, 2.75) is 6.42 Å². The summed E-state index contributed by atoms with van der Waals surface area (Å²) in [7, 11) is 0. The van der Waals surface area contributed by atoms with Gasteiger partial charge in [-0.25, -0.2) is 4.98 Å². The number of amides is 1. The normalized spacial score (nSPS) is 20.6. The van der Waals surface area contributed by atoms with Gasteiger partial charge in [0.15, 0.2) is 0 Å². The molecule has 1 amide bonds. The van der Waals surface area contributed by atoms with Gasteiger partial charge in [0.2, 0.25) is 5.91 Å². The highest BCUT2D eigenvalue weighted by atomic mass is 79.9. The van der Waals surface area contributed by atoms with Gasteiger partial charge in [-0.2, -0.15) is 0 Å². The molecule has 1 saturated heterocycles. The zero-order valence-electron chi connectivity index (χ0n) is 8.19. The van der Waals surface area contributed by atoms with Crippen molar-refractivity contribution in [1.82, 2.24) is 4.98 Å². The highest BCUT2D eigenvalue weighted by Gasteiger charge is 2.27. The molecular weight excluding hydrogens is 258 g/mol. The molecule has 1 aromatic rings. The van der Waals surface area contributed by atoms with Gasteiger partial charge < -0.3 is 10.6 Å². The third-order valence-electron chi connectivity index (χ3n) is 2.62. The third-order valence-corrected chi connectivity index (χ3v) is 3.06. The maximum absolute atomic E-state index is 11.0. The Bertz CT molecular complexity index is 383. The fourth-order valence-electron chi connectivity index (χ4n) is 1.77. The van der Waals surface area contributed by atoms with E-state index in [2.05, 4.69) is 25.8 Å². The number of anilines is 1. The molecule has 0 radical (unpaired) electrons. The van der Waals surface area contributed by atoms with Crippen LogP contribution in [0.15, 0.2) is 22.8 Å². The van der Waals surface area contributed by atoms with E-state index in [4.69, 9.17) is 5.73 Å². The minimum Gasteiger partial charge on any atom is -0.369 e. The Balaban J connectivity index is 2.11. The molecule has 1 atom stereocenters. The van der Waals surface area contributed by atoms with Crippen molar-refractivity contribution in [1.29, 1.82) is 0 Å². The molecule has 15 heavy (non-hydrogen) atoms. The van der Waals surface area contributed by atoms with Gasteiger partial charge in [0, 0.05) is 13.1 Å². The van der Waals surface area contributed by atoms with Crippen LogP contribution in [0.5, 0.6) is 0 Å². The first-order chi connectivity index (χ1) is 7.16. The number of hydrogen-bond acceptors (Lipinski definition) is 3. The first kappa shape index (κ1) is 10.4. The van der Waals surface area contributed by atoms with Crippen LogP contribution in [0.2, 0.25) is 0 Å². The number of aromatic nitrogens is 1. The van der Waals surface area contributed by atoms with Crippen LogP contribution in [-0.4, -0.2) is 24.0 Å². The third kappa shape index (κ3) is 2.28. The van der Waals surface area contributed by atoms with E-state index in [0.29, 0.717) is 6.54 Å². The van der Waals surface area contributed by atoms with Gasteiger partial charge in [-0.05, 0) is 34.5 Å². The Morgan fingerprint density at radius 2 is 2.40 bits per heavy atom. The second-order valence-electron chi connectivity index (χ2n) is 3.65. The molecule has 1 aliphatic heterocycles. The number of carbonyl (C=O) groups is 1. The number of rotatable bonds is 2. The summed E-state index contributed by atoms with van der Waals surface area (Å²) in [4.78, 5) is 17.4. The SMILES string of the molecule is NC(=O)C1CCN(c2cccc(Br)n2)C1. The van der Waals surface area contributed by atoms with Crippen molar-refractivity contribution in [2.24, 2.45) is 11.7 Å². The van der Waals surface area contributed by atoms with Crippen LogP contribution in [-0.2, 0) is 4.79 Å². The van der Waals surface area contributed by atoms with Crippen molar-refractivity contribution in [2.75, 3.05) is 18.0 Å². The first-order valence-electron chi connectivity index (χ1n) is 4.83. The van der Waals surface area contributed by atoms with Gasteiger partial charge in [0.1, 0.15) is 10.4 Å². The highest BCUT2D eigenvalue weighted by molar-refractivity contribution is 9.10. The molecule has 1 aromatic heterocycles. The summed E-state index contributed by atoms with van der Waals surface area (Å²) in [5.41, 5.74) is 5.27. The molecule has 0 saturated carbocycles. The predicted octanol–water partition coefficient (Wildman–Crippen LogP) is 1.16. The van der Waals surface area contributed by atoms with Crippen molar-refractivity contribution in [3.8, 4) is 0 Å². The molecule has 4 nitrogen and oxygen atoms in total. The topological polar surface area (TPSA) is 59.2 Å². The number of primary amides is 1. The fourth-order valence-corrected chi connectivity index (χ4v) is 2.11. The quantitative estimate of drug-likeness (QED) is 0.820. The number of hydrogen-bond donors (Lipinski definition) is 1. The van der Waals surface area contributed by atoms with Crippen molar-refractivity contribution in [3.05, 3.63) is 22.8 Å². The zero-order chi connectivity index (χ0) is 10.8. The van der Waals surface area contributed by atoms with Gasteiger partial charge in [-0.3, -0.25) is 4.79 Å². The van der Waals surface area contributed by atoms with Gasteiger partial charge in [0.25, 0.3) is 0 Å². The molecule has 1 unspecified atom stereocenters. The molecule has 0 spiro atoms. The Labute approximate surface area is 96.6 Å². The average Bonchev–Trinajstić information content (AvgIpc) is 2.66. The summed E-state index contributed by atoms with van der Waals surface area (Å²) in [5.74, 6) is 0.645. The van der Waals surface area contributed by atoms with E-state index in [1.54, 1.807) is 0 Å². The van der Waals surface area contributed by atoms with E-state index in [1.165, 1.54) is 0 Å². The standard InChI is InChI=1S/C10H12BrN3O/c11-8-2-1-3-9(13-8)14-5-4-7(6-14)10(12)15/h1-3,7H,4-6H2,(H2,12,15). The molecule has 0 aliphatic carbocycles. The average molecular weight is 270 g/mol. The Kier molecular flexibility index (Phi) is 2.90. The number of carbonyl (C=O) groups excluding carboxylic acids is 1. The van der Waals surface area contributed by atoms with E-state index >= 15 is 0 Å². The maximum Gasteiger partial charge on any atom is 0.222 e. The first-order valence-corrected chi connectivity index (χ1v) is 5.63. The van der Waals surface area contributed by atoms with Gasteiger partial charge in [-0.1, -0.05) is 6.07 Å². The lowest BCUT2D eigenvalue weighted by Crippen LogP contribution is -2.27. The molecular formula is C10H12BrN3O. The summed E-state index contributed by atoms with van der Waals surface area (Å²) in [6.07, 6.45) is 0.823. The lowest BCUT2D eigenvalue weighted by molar-refractivity contribution is -0.121. The maximum atomic E-state index is 11.0. The monoisotopic (exact) mass is 269 g/mol. The fraction of sp³-hybridized carbons (Fsp3) is 0.400. The van der Waals surface area contributed by atoms with Gasteiger partial charge in [-0.15, -0.1) is 0 Å². The molecule has 0 bridgehead atoms. The molecule has 2 N–H and O–H groups in total. The molecule has 5 heteroatoms. The molecule has 2 rings (SSSR count). The summed E-state index contributed by atoms with van der Waals surface area (Å²) < 4.78 is 0.808. The number of nitrogens with zero attached hydrogens (tertiary/aromatic N) is 2. The Morgan fingerprint density at radius 1 is 1.60 bits per heavy atom. The minimum absolute atomic E-state index is 0.0363. The number of nitrogens with two attached hydrogens (primary N) is 1. The number of halogens is 1. The smallest absolute Gasteiger partial charge is 0.222 e. The lowest BCUT2D eigenvalue weighted by Gasteiger charge is -2.16. The molecule has 1 aliphatic rings. The summed E-state index contributed by atoms with van der Waals surface area (Å²) in [5, 5.41) is 0. The van der Waals surface area contributed by atoms with Crippen LogP contribution in [0.4, 0.5) is 5.82 Å².